The third-order valence-electron chi connectivity index (χ3n) is 1.83. The minimum absolute atomic E-state index is 0.389. The van der Waals surface area contributed by atoms with Crippen LogP contribution in [0.2, 0.25) is 0 Å². The second-order valence-corrected chi connectivity index (χ2v) is 3.24. The molecule has 1 aliphatic rings. The summed E-state index contributed by atoms with van der Waals surface area (Å²) in [5.41, 5.74) is 0. The van der Waals surface area contributed by atoms with Crippen molar-refractivity contribution in [2.45, 2.75) is 26.4 Å². The molecule has 0 spiro atoms. The van der Waals surface area contributed by atoms with Crippen molar-refractivity contribution in [2.24, 2.45) is 5.92 Å². The molecule has 1 N–H and O–H groups in total. The molecular formula is C8H17NO. The standard InChI is InChI=1S/C8H17NO/c1-7(2)10-6-8-3-4-9-5-8/h7-9H,3-6H2,1-2H3. The van der Waals surface area contributed by atoms with Gasteiger partial charge in [0.1, 0.15) is 0 Å². The first-order valence-electron chi connectivity index (χ1n) is 4.11. The van der Waals surface area contributed by atoms with Crippen LogP contribution in [0.15, 0.2) is 0 Å². The van der Waals surface area contributed by atoms with Crippen molar-refractivity contribution in [1.82, 2.24) is 5.32 Å². The average molecular weight is 143 g/mol. The predicted octanol–water partition coefficient (Wildman–Crippen LogP) is 1.02. The van der Waals surface area contributed by atoms with Crippen LogP contribution in [0.25, 0.3) is 0 Å². The first-order valence-corrected chi connectivity index (χ1v) is 4.11. The maximum absolute atomic E-state index is 5.49. The smallest absolute Gasteiger partial charge is 0.0519 e. The summed E-state index contributed by atoms with van der Waals surface area (Å²) >= 11 is 0. The fourth-order valence-corrected chi connectivity index (χ4v) is 1.19. The molecule has 2 nitrogen and oxygen atoms in total. The Hall–Kier alpha value is -0.0800. The van der Waals surface area contributed by atoms with Gasteiger partial charge >= 0.3 is 0 Å². The quantitative estimate of drug-likeness (QED) is 0.637. The highest BCUT2D eigenvalue weighted by Gasteiger charge is 2.14. The fourth-order valence-electron chi connectivity index (χ4n) is 1.19. The third kappa shape index (κ3) is 2.67. The molecule has 0 aromatic carbocycles. The van der Waals surface area contributed by atoms with Crippen molar-refractivity contribution in [2.75, 3.05) is 19.7 Å². The number of hydrogen-bond donors (Lipinski definition) is 1. The molecule has 1 aliphatic heterocycles. The van der Waals surface area contributed by atoms with E-state index in [1.807, 2.05) is 0 Å². The molecule has 0 radical (unpaired) electrons. The first kappa shape index (κ1) is 8.02. The fraction of sp³-hybridized carbons (Fsp3) is 1.00. The SMILES string of the molecule is CC(C)OCC1CCNC1. The van der Waals surface area contributed by atoms with Crippen LogP contribution in [0.4, 0.5) is 0 Å². The van der Waals surface area contributed by atoms with Gasteiger partial charge in [0, 0.05) is 6.54 Å². The summed E-state index contributed by atoms with van der Waals surface area (Å²) in [5, 5.41) is 3.32. The number of ether oxygens (including phenoxy) is 1. The van der Waals surface area contributed by atoms with Gasteiger partial charge in [-0.15, -0.1) is 0 Å². The normalized spacial score (nSPS) is 26.1. The van der Waals surface area contributed by atoms with Crippen LogP contribution in [0.5, 0.6) is 0 Å². The Morgan fingerprint density at radius 1 is 1.60 bits per heavy atom. The van der Waals surface area contributed by atoms with Crippen LogP contribution in [0, 0.1) is 5.92 Å². The zero-order valence-electron chi connectivity index (χ0n) is 6.89. The van der Waals surface area contributed by atoms with Gasteiger partial charge < -0.3 is 10.1 Å². The van der Waals surface area contributed by atoms with Gasteiger partial charge in [-0.1, -0.05) is 0 Å². The molecule has 0 bridgehead atoms. The van der Waals surface area contributed by atoms with Crippen LogP contribution in [-0.4, -0.2) is 25.8 Å². The van der Waals surface area contributed by atoms with E-state index in [1.165, 1.54) is 13.0 Å². The lowest BCUT2D eigenvalue weighted by molar-refractivity contribution is 0.0556. The molecule has 10 heavy (non-hydrogen) atoms. The highest BCUT2D eigenvalue weighted by Crippen LogP contribution is 2.08. The van der Waals surface area contributed by atoms with Crippen LogP contribution in [-0.2, 0) is 4.74 Å². The van der Waals surface area contributed by atoms with Gasteiger partial charge in [0.25, 0.3) is 0 Å². The van der Waals surface area contributed by atoms with Gasteiger partial charge in [-0.05, 0) is 32.7 Å². The number of nitrogens with one attached hydrogen (secondary N) is 1. The first-order chi connectivity index (χ1) is 4.79. The van der Waals surface area contributed by atoms with Gasteiger partial charge in [0.2, 0.25) is 0 Å². The molecule has 1 heterocycles. The molecule has 0 saturated carbocycles. The van der Waals surface area contributed by atoms with Gasteiger partial charge in [0.05, 0.1) is 12.7 Å². The lowest BCUT2D eigenvalue weighted by Gasteiger charge is -2.11. The average Bonchev–Trinajstić information content (AvgIpc) is 2.34. The summed E-state index contributed by atoms with van der Waals surface area (Å²) in [6.45, 7) is 7.42. The van der Waals surface area contributed by atoms with E-state index in [0.717, 1.165) is 19.1 Å². The van der Waals surface area contributed by atoms with E-state index in [2.05, 4.69) is 19.2 Å². The Bertz CT molecular complexity index is 87.3. The highest BCUT2D eigenvalue weighted by molar-refractivity contribution is 4.70. The van der Waals surface area contributed by atoms with Crippen LogP contribution >= 0.6 is 0 Å². The molecule has 1 unspecified atom stereocenters. The topological polar surface area (TPSA) is 21.3 Å². The molecule has 1 rings (SSSR count). The van der Waals surface area contributed by atoms with Crippen molar-refractivity contribution in [3.8, 4) is 0 Å². The third-order valence-corrected chi connectivity index (χ3v) is 1.83. The predicted molar refractivity (Wildman–Crippen MR) is 42.1 cm³/mol. The van der Waals surface area contributed by atoms with Crippen LogP contribution in [0.1, 0.15) is 20.3 Å². The van der Waals surface area contributed by atoms with Crippen LogP contribution in [0.3, 0.4) is 0 Å². The Morgan fingerprint density at radius 2 is 2.40 bits per heavy atom. The molecule has 1 atom stereocenters. The molecule has 0 aliphatic carbocycles. The van der Waals surface area contributed by atoms with E-state index in [9.17, 15) is 0 Å². The van der Waals surface area contributed by atoms with Crippen LogP contribution < -0.4 is 5.32 Å². The maximum atomic E-state index is 5.49. The molecular weight excluding hydrogens is 126 g/mol. The molecule has 0 amide bonds. The van der Waals surface area contributed by atoms with E-state index in [-0.39, 0.29) is 0 Å². The van der Waals surface area contributed by atoms with Crippen molar-refractivity contribution in [3.05, 3.63) is 0 Å². The summed E-state index contributed by atoms with van der Waals surface area (Å²) in [5.74, 6) is 0.766. The van der Waals surface area contributed by atoms with Gasteiger partial charge in [0.15, 0.2) is 0 Å². The number of rotatable bonds is 3. The Morgan fingerprint density at radius 3 is 2.90 bits per heavy atom. The van der Waals surface area contributed by atoms with Crippen molar-refractivity contribution in [1.29, 1.82) is 0 Å². The lowest BCUT2D eigenvalue weighted by Crippen LogP contribution is -2.16. The Kier molecular flexibility index (Phi) is 3.16. The molecule has 0 aromatic rings. The second-order valence-electron chi connectivity index (χ2n) is 3.24. The second kappa shape index (κ2) is 3.94. The zero-order chi connectivity index (χ0) is 7.40. The molecule has 1 fully saturated rings. The Balaban J connectivity index is 2.01. The molecule has 1 saturated heterocycles. The Labute approximate surface area is 63.0 Å². The molecule has 2 heteroatoms. The van der Waals surface area contributed by atoms with E-state index in [4.69, 9.17) is 4.74 Å². The van der Waals surface area contributed by atoms with Gasteiger partial charge in [-0.25, -0.2) is 0 Å². The summed E-state index contributed by atoms with van der Waals surface area (Å²) in [6.07, 6.45) is 1.67. The minimum atomic E-state index is 0.389. The van der Waals surface area contributed by atoms with E-state index in [0.29, 0.717) is 6.10 Å². The summed E-state index contributed by atoms with van der Waals surface area (Å²) in [4.78, 5) is 0. The minimum Gasteiger partial charge on any atom is -0.378 e. The monoisotopic (exact) mass is 143 g/mol. The number of hydrogen-bond acceptors (Lipinski definition) is 2. The van der Waals surface area contributed by atoms with Gasteiger partial charge in [-0.3, -0.25) is 0 Å². The van der Waals surface area contributed by atoms with E-state index < -0.39 is 0 Å². The molecule has 0 aromatic heterocycles. The summed E-state index contributed by atoms with van der Waals surface area (Å²) in [7, 11) is 0. The van der Waals surface area contributed by atoms with Crippen molar-refractivity contribution >= 4 is 0 Å². The van der Waals surface area contributed by atoms with Crippen molar-refractivity contribution in [3.63, 3.8) is 0 Å². The van der Waals surface area contributed by atoms with E-state index >= 15 is 0 Å². The maximum Gasteiger partial charge on any atom is 0.0519 e. The van der Waals surface area contributed by atoms with Gasteiger partial charge in [-0.2, -0.15) is 0 Å². The largest absolute Gasteiger partial charge is 0.378 e. The van der Waals surface area contributed by atoms with E-state index in [1.54, 1.807) is 0 Å². The summed E-state index contributed by atoms with van der Waals surface area (Å²) in [6, 6.07) is 0. The highest BCUT2D eigenvalue weighted by atomic mass is 16.5. The zero-order valence-corrected chi connectivity index (χ0v) is 6.89. The molecule has 60 valence electrons. The lowest BCUT2D eigenvalue weighted by atomic mass is 10.1. The summed E-state index contributed by atoms with van der Waals surface area (Å²) < 4.78 is 5.49. The van der Waals surface area contributed by atoms with Crippen molar-refractivity contribution < 1.29 is 4.74 Å².